The first-order valence-electron chi connectivity index (χ1n) is 6.77. The van der Waals surface area contributed by atoms with Crippen LogP contribution >= 0.6 is 0 Å². The summed E-state index contributed by atoms with van der Waals surface area (Å²) in [6.07, 6.45) is 3.71. The molecule has 0 aromatic heterocycles. The Morgan fingerprint density at radius 3 is 2.58 bits per heavy atom. The number of nitrogens with zero attached hydrogens (tertiary/aromatic N) is 1. The van der Waals surface area contributed by atoms with Crippen molar-refractivity contribution < 1.29 is 9.53 Å². The number of fused-ring (bicyclic) bond motifs is 1. The van der Waals surface area contributed by atoms with Gasteiger partial charge in [0.2, 0.25) is 0 Å². The minimum atomic E-state index is -0.597. The molecule has 1 aliphatic rings. The summed E-state index contributed by atoms with van der Waals surface area (Å²) >= 11 is 0. The smallest absolute Gasteiger partial charge is 0.145 e. The molecule has 1 aliphatic carbocycles. The first-order chi connectivity index (χ1) is 9.21. The van der Waals surface area contributed by atoms with Gasteiger partial charge in [-0.1, -0.05) is 38.1 Å². The molecule has 0 N–H and O–H groups in total. The Balaban J connectivity index is 2.61. The molecule has 0 aliphatic heterocycles. The normalized spacial score (nSPS) is 21.8. The summed E-state index contributed by atoms with van der Waals surface area (Å²) in [6, 6.07) is 8.07. The van der Waals surface area contributed by atoms with Gasteiger partial charge >= 0.3 is 0 Å². The van der Waals surface area contributed by atoms with Gasteiger partial charge in [-0.2, -0.15) is 0 Å². The maximum absolute atomic E-state index is 11.9. The second-order valence-corrected chi connectivity index (χ2v) is 4.79. The monoisotopic (exact) mass is 259 g/mol. The maximum atomic E-state index is 11.9. The molecule has 0 radical (unpaired) electrons. The number of methoxy groups -OCH3 is 1. The molecule has 0 fully saturated rings. The summed E-state index contributed by atoms with van der Waals surface area (Å²) in [5.41, 5.74) is 1.55. The Morgan fingerprint density at radius 2 is 2.00 bits per heavy atom. The number of aldehydes is 1. The van der Waals surface area contributed by atoms with Crippen molar-refractivity contribution in [1.29, 1.82) is 0 Å². The molecule has 1 aromatic carbocycles. The summed E-state index contributed by atoms with van der Waals surface area (Å²) in [6.45, 7) is 5.84. The molecule has 102 valence electrons. The molecular formula is C16H21NO2. The van der Waals surface area contributed by atoms with Gasteiger partial charge in [0, 0.05) is 6.42 Å². The molecule has 0 bridgehead atoms. The average Bonchev–Trinajstić information content (AvgIpc) is 2.47. The second-order valence-electron chi connectivity index (χ2n) is 4.79. The quantitative estimate of drug-likeness (QED) is 0.762. The highest BCUT2D eigenvalue weighted by Crippen LogP contribution is 2.40. The third-order valence-electron chi connectivity index (χ3n) is 3.97. The molecule has 0 saturated carbocycles. The summed E-state index contributed by atoms with van der Waals surface area (Å²) in [7, 11) is 1.66. The van der Waals surface area contributed by atoms with Crippen LogP contribution in [-0.4, -0.2) is 31.4 Å². The molecule has 3 nitrogen and oxygen atoms in total. The Morgan fingerprint density at radius 1 is 1.32 bits per heavy atom. The fourth-order valence-corrected chi connectivity index (χ4v) is 2.98. The fraction of sp³-hybridized carbons (Fsp3) is 0.438. The predicted octanol–water partition coefficient (Wildman–Crippen LogP) is 2.81. The van der Waals surface area contributed by atoms with Crippen molar-refractivity contribution in [2.24, 2.45) is 0 Å². The van der Waals surface area contributed by atoms with Gasteiger partial charge in [-0.15, -0.1) is 0 Å². The van der Waals surface area contributed by atoms with E-state index in [1.165, 1.54) is 0 Å². The van der Waals surface area contributed by atoms with Crippen molar-refractivity contribution in [3.05, 3.63) is 41.2 Å². The van der Waals surface area contributed by atoms with Crippen LogP contribution in [0.1, 0.15) is 31.4 Å². The first-order valence-corrected chi connectivity index (χ1v) is 6.77. The van der Waals surface area contributed by atoms with Crippen LogP contribution in [0.25, 0.3) is 6.08 Å². The third-order valence-corrected chi connectivity index (χ3v) is 3.97. The van der Waals surface area contributed by atoms with Crippen molar-refractivity contribution in [3.63, 3.8) is 0 Å². The molecule has 19 heavy (non-hydrogen) atoms. The summed E-state index contributed by atoms with van der Waals surface area (Å²) in [5, 5.41) is 0. The zero-order chi connectivity index (χ0) is 13.9. The highest BCUT2D eigenvalue weighted by molar-refractivity contribution is 5.76. The van der Waals surface area contributed by atoms with Gasteiger partial charge in [-0.25, -0.2) is 0 Å². The van der Waals surface area contributed by atoms with Crippen LogP contribution in [0, 0.1) is 0 Å². The largest absolute Gasteiger partial charge is 0.501 e. The third kappa shape index (κ3) is 2.19. The van der Waals surface area contributed by atoms with Gasteiger partial charge < -0.3 is 9.53 Å². The molecule has 1 aromatic rings. The molecular weight excluding hydrogens is 238 g/mol. The van der Waals surface area contributed by atoms with Crippen LogP contribution in [0.4, 0.5) is 0 Å². The van der Waals surface area contributed by atoms with Gasteiger partial charge in [0.25, 0.3) is 0 Å². The Labute approximate surface area is 114 Å². The lowest BCUT2D eigenvalue weighted by atomic mass is 9.78. The summed E-state index contributed by atoms with van der Waals surface area (Å²) in [5.74, 6) is 0.859. The summed E-state index contributed by atoms with van der Waals surface area (Å²) in [4.78, 5) is 14.1. The molecule has 3 heteroatoms. The van der Waals surface area contributed by atoms with Crippen LogP contribution in [0.3, 0.4) is 0 Å². The van der Waals surface area contributed by atoms with Crippen molar-refractivity contribution in [1.82, 2.24) is 4.90 Å². The Bertz CT molecular complexity index is 491. The lowest BCUT2D eigenvalue weighted by molar-refractivity contribution is -0.119. The van der Waals surface area contributed by atoms with E-state index in [2.05, 4.69) is 18.7 Å². The number of hydrogen-bond donors (Lipinski definition) is 0. The van der Waals surface area contributed by atoms with E-state index in [1.54, 1.807) is 7.11 Å². The highest BCUT2D eigenvalue weighted by atomic mass is 16.5. The van der Waals surface area contributed by atoms with Crippen LogP contribution in [-0.2, 0) is 15.1 Å². The molecule has 0 spiro atoms. The highest BCUT2D eigenvalue weighted by Gasteiger charge is 2.41. The van der Waals surface area contributed by atoms with Crippen LogP contribution < -0.4 is 0 Å². The number of likely N-dealkylation sites (N-methyl/N-ethyl adjacent to an activating group) is 1. The Hall–Kier alpha value is -1.61. The number of rotatable bonds is 5. The van der Waals surface area contributed by atoms with Gasteiger partial charge in [-0.3, -0.25) is 4.90 Å². The standard InChI is InChI=1S/C16H21NO2/c1-4-17(5-2)16(12-18)11-14(19-3)10-13-8-6-7-9-15(13)16/h6-10,12H,4-5,11H2,1-3H3. The SMILES string of the molecule is CCN(CC)C1(C=O)CC(OC)=Cc2ccccc21. The lowest BCUT2D eigenvalue weighted by Crippen LogP contribution is -2.49. The second kappa shape index (κ2) is 5.57. The molecule has 0 saturated heterocycles. The van der Waals surface area contributed by atoms with Gasteiger partial charge in [0.05, 0.1) is 12.9 Å². The van der Waals surface area contributed by atoms with Crippen molar-refractivity contribution in [2.45, 2.75) is 25.8 Å². The zero-order valence-electron chi connectivity index (χ0n) is 11.8. The van der Waals surface area contributed by atoms with E-state index in [1.807, 2.05) is 30.3 Å². The van der Waals surface area contributed by atoms with Gasteiger partial charge in [-0.05, 0) is 30.3 Å². The van der Waals surface area contributed by atoms with E-state index in [0.717, 1.165) is 36.3 Å². The van der Waals surface area contributed by atoms with Gasteiger partial charge in [0.15, 0.2) is 0 Å². The van der Waals surface area contributed by atoms with E-state index in [0.29, 0.717) is 6.42 Å². The average molecular weight is 259 g/mol. The summed E-state index contributed by atoms with van der Waals surface area (Å²) < 4.78 is 5.42. The van der Waals surface area contributed by atoms with Crippen molar-refractivity contribution in [2.75, 3.05) is 20.2 Å². The topological polar surface area (TPSA) is 29.5 Å². The fourth-order valence-electron chi connectivity index (χ4n) is 2.98. The molecule has 2 rings (SSSR count). The molecule has 0 amide bonds. The number of carbonyl (C=O) groups is 1. The lowest BCUT2D eigenvalue weighted by Gasteiger charge is -2.42. The van der Waals surface area contributed by atoms with Crippen LogP contribution in [0.15, 0.2) is 30.0 Å². The van der Waals surface area contributed by atoms with E-state index < -0.39 is 5.54 Å². The first kappa shape index (κ1) is 13.8. The van der Waals surface area contributed by atoms with Crippen molar-refractivity contribution >= 4 is 12.4 Å². The number of benzene rings is 1. The molecule has 1 unspecified atom stereocenters. The Kier molecular flexibility index (Phi) is 4.05. The van der Waals surface area contributed by atoms with E-state index >= 15 is 0 Å². The zero-order valence-corrected chi connectivity index (χ0v) is 11.8. The van der Waals surface area contributed by atoms with Crippen LogP contribution in [0.2, 0.25) is 0 Å². The van der Waals surface area contributed by atoms with E-state index in [-0.39, 0.29) is 0 Å². The van der Waals surface area contributed by atoms with Gasteiger partial charge in [0.1, 0.15) is 11.8 Å². The predicted molar refractivity (Wildman–Crippen MR) is 76.7 cm³/mol. The van der Waals surface area contributed by atoms with E-state index in [4.69, 9.17) is 4.74 Å². The minimum Gasteiger partial charge on any atom is -0.501 e. The van der Waals surface area contributed by atoms with Crippen molar-refractivity contribution in [3.8, 4) is 0 Å². The maximum Gasteiger partial charge on any atom is 0.145 e. The van der Waals surface area contributed by atoms with E-state index in [9.17, 15) is 4.79 Å². The number of ether oxygens (including phenoxy) is 1. The molecule has 1 atom stereocenters. The molecule has 0 heterocycles. The number of carbonyl (C=O) groups excluding carboxylic acids is 1. The minimum absolute atomic E-state index is 0.597. The van der Waals surface area contributed by atoms with Crippen LogP contribution in [0.5, 0.6) is 0 Å². The number of hydrogen-bond acceptors (Lipinski definition) is 3.